The minimum absolute atomic E-state index is 0.293. The molecule has 1 aliphatic heterocycles. The number of likely N-dealkylation sites (tertiary alicyclic amines) is 1. The van der Waals surface area contributed by atoms with Gasteiger partial charge in [-0.3, -0.25) is 0 Å². The maximum Gasteiger partial charge on any atom is 0.315 e. The zero-order valence-electron chi connectivity index (χ0n) is 18.2. The van der Waals surface area contributed by atoms with Gasteiger partial charge in [0, 0.05) is 6.54 Å². The van der Waals surface area contributed by atoms with E-state index < -0.39 is 0 Å². The van der Waals surface area contributed by atoms with Gasteiger partial charge in [0.05, 0.1) is 5.54 Å². The summed E-state index contributed by atoms with van der Waals surface area (Å²) in [5.41, 5.74) is 9.49. The van der Waals surface area contributed by atoms with Gasteiger partial charge in [-0.15, -0.1) is 0 Å². The molecule has 2 N–H and O–H groups in total. The summed E-state index contributed by atoms with van der Waals surface area (Å²) in [5.74, 6) is 0.775. The van der Waals surface area contributed by atoms with Crippen molar-refractivity contribution in [1.29, 1.82) is 0 Å². The second-order valence-corrected chi connectivity index (χ2v) is 8.78. The zero-order chi connectivity index (χ0) is 20.9. The third kappa shape index (κ3) is 4.49. The molecule has 3 unspecified atom stereocenters. The van der Waals surface area contributed by atoms with Gasteiger partial charge in [-0.25, -0.2) is 4.79 Å². The van der Waals surface area contributed by atoms with Crippen LogP contribution in [0.5, 0.6) is 0 Å². The Labute approximate surface area is 176 Å². The average Bonchev–Trinajstić information content (AvgIpc) is 2.74. The molecule has 0 spiro atoms. The van der Waals surface area contributed by atoms with Crippen molar-refractivity contribution in [3.8, 4) is 0 Å². The lowest BCUT2D eigenvalue weighted by molar-refractivity contribution is 0.0201. The molecule has 1 heterocycles. The Morgan fingerprint density at radius 3 is 2.45 bits per heavy atom. The molecule has 3 rings (SSSR count). The smallest absolute Gasteiger partial charge is 0.315 e. The number of benzene rings is 2. The maximum atomic E-state index is 12.6. The van der Waals surface area contributed by atoms with Crippen molar-refractivity contribution in [3.63, 3.8) is 0 Å². The van der Waals surface area contributed by atoms with E-state index in [1.165, 1.54) is 36.0 Å². The Hall–Kier alpha value is -2.29. The molecule has 0 aliphatic carbocycles. The molecule has 0 aromatic heterocycles. The van der Waals surface area contributed by atoms with Gasteiger partial charge in [-0.05, 0) is 49.1 Å². The molecular weight excluding hydrogens is 356 g/mol. The van der Waals surface area contributed by atoms with Crippen molar-refractivity contribution >= 4 is 6.03 Å². The monoisotopic (exact) mass is 392 g/mol. The molecule has 1 aliphatic rings. The molecule has 2 aromatic rings. The van der Waals surface area contributed by atoms with E-state index in [1.807, 2.05) is 11.0 Å². The van der Waals surface area contributed by atoms with E-state index in [2.05, 4.69) is 69.3 Å². The van der Waals surface area contributed by atoms with Crippen LogP contribution >= 0.6 is 0 Å². The number of unbranched alkanes of at least 4 members (excludes halogenated alkanes) is 2. The predicted octanol–water partition coefficient (Wildman–Crippen LogP) is 6.37. The van der Waals surface area contributed by atoms with Gasteiger partial charge < -0.3 is 10.6 Å². The number of amides is 2. The summed E-state index contributed by atoms with van der Waals surface area (Å²) in [6.07, 6.45) is 6.61. The lowest BCUT2D eigenvalue weighted by Gasteiger charge is -2.53. The number of nitrogens with zero attached hydrogens (tertiary/aromatic N) is 1. The summed E-state index contributed by atoms with van der Waals surface area (Å²) >= 11 is 0. The van der Waals surface area contributed by atoms with Gasteiger partial charge in [-0.2, -0.15) is 0 Å². The van der Waals surface area contributed by atoms with E-state index in [9.17, 15) is 4.79 Å². The second kappa shape index (κ2) is 9.47. The highest BCUT2D eigenvalue weighted by atomic mass is 16.2. The number of aryl methyl sites for hydroxylation is 1. The van der Waals surface area contributed by atoms with Crippen molar-refractivity contribution in [1.82, 2.24) is 4.90 Å². The van der Waals surface area contributed by atoms with Crippen molar-refractivity contribution in [2.24, 2.45) is 11.7 Å². The standard InChI is InChI=1S/C26H36N2O/c1-4-5-7-10-21(3)26(24-11-8-6-9-12-24)19-23(17-18-28(26)25(27)29)22-15-13-20(2)14-16-22/h6,8-9,11-16,21,23H,4-5,7,10,17-19H2,1-3H3,(H2,27,29). The van der Waals surface area contributed by atoms with Crippen LogP contribution in [0.15, 0.2) is 54.6 Å². The first-order valence-corrected chi connectivity index (χ1v) is 11.2. The summed E-state index contributed by atoms with van der Waals surface area (Å²) < 4.78 is 0. The largest absolute Gasteiger partial charge is 0.351 e. The molecular formula is C26H36N2O. The molecule has 2 aromatic carbocycles. The van der Waals surface area contributed by atoms with Crippen molar-refractivity contribution in [3.05, 3.63) is 71.3 Å². The van der Waals surface area contributed by atoms with E-state index in [4.69, 9.17) is 5.73 Å². The Bertz CT molecular complexity index is 786. The Kier molecular flexibility index (Phi) is 7.00. The fraction of sp³-hybridized carbons (Fsp3) is 0.500. The fourth-order valence-corrected chi connectivity index (χ4v) is 5.19. The lowest BCUT2D eigenvalue weighted by atomic mass is 9.66. The van der Waals surface area contributed by atoms with Crippen molar-refractivity contribution in [2.75, 3.05) is 6.54 Å². The first kappa shape index (κ1) is 21.4. The molecule has 156 valence electrons. The van der Waals surface area contributed by atoms with Crippen molar-refractivity contribution in [2.45, 2.75) is 70.8 Å². The molecule has 0 saturated carbocycles. The Balaban J connectivity index is 2.03. The van der Waals surface area contributed by atoms with Crippen LogP contribution in [0.1, 0.15) is 75.0 Å². The molecule has 0 bridgehead atoms. The van der Waals surface area contributed by atoms with Crippen molar-refractivity contribution < 1.29 is 4.79 Å². The van der Waals surface area contributed by atoms with Crippen LogP contribution in [0.3, 0.4) is 0 Å². The molecule has 29 heavy (non-hydrogen) atoms. The van der Waals surface area contributed by atoms with Crippen LogP contribution in [-0.4, -0.2) is 17.5 Å². The molecule has 3 heteroatoms. The third-order valence-electron chi connectivity index (χ3n) is 6.88. The first-order valence-electron chi connectivity index (χ1n) is 11.2. The van der Waals surface area contributed by atoms with Crippen LogP contribution < -0.4 is 5.73 Å². The van der Waals surface area contributed by atoms with E-state index >= 15 is 0 Å². The number of urea groups is 1. The molecule has 2 amide bonds. The number of nitrogens with two attached hydrogens (primary N) is 1. The van der Waals surface area contributed by atoms with Gasteiger partial charge in [0.1, 0.15) is 0 Å². The molecule has 3 nitrogen and oxygen atoms in total. The van der Waals surface area contributed by atoms with Crippen LogP contribution in [0.25, 0.3) is 0 Å². The summed E-state index contributed by atoms with van der Waals surface area (Å²) in [6.45, 7) is 7.39. The molecule has 1 fully saturated rings. The van der Waals surface area contributed by atoms with Gasteiger partial charge >= 0.3 is 6.03 Å². The van der Waals surface area contributed by atoms with E-state index in [0.29, 0.717) is 18.4 Å². The highest BCUT2D eigenvalue weighted by Gasteiger charge is 2.49. The van der Waals surface area contributed by atoms with Gasteiger partial charge in [0.2, 0.25) is 0 Å². The summed E-state index contributed by atoms with van der Waals surface area (Å²) in [6, 6.07) is 19.2. The molecule has 0 radical (unpaired) electrons. The normalized spacial score (nSPS) is 23.0. The molecule has 1 saturated heterocycles. The van der Waals surface area contributed by atoms with Gasteiger partial charge in [0.25, 0.3) is 0 Å². The number of carbonyl (C=O) groups is 1. The van der Waals surface area contributed by atoms with Gasteiger partial charge in [-0.1, -0.05) is 93.3 Å². The molecule has 3 atom stereocenters. The number of primary amides is 1. The van der Waals surface area contributed by atoms with Crippen LogP contribution in [-0.2, 0) is 5.54 Å². The predicted molar refractivity (Wildman–Crippen MR) is 121 cm³/mol. The fourth-order valence-electron chi connectivity index (χ4n) is 5.19. The lowest BCUT2D eigenvalue weighted by Crippen LogP contribution is -2.58. The highest BCUT2D eigenvalue weighted by molar-refractivity contribution is 5.73. The quantitative estimate of drug-likeness (QED) is 0.547. The summed E-state index contributed by atoms with van der Waals surface area (Å²) in [5, 5.41) is 0. The van der Waals surface area contributed by atoms with Crippen LogP contribution in [0, 0.1) is 12.8 Å². The second-order valence-electron chi connectivity index (χ2n) is 8.78. The Morgan fingerprint density at radius 2 is 1.83 bits per heavy atom. The number of carbonyl (C=O) groups excluding carboxylic acids is 1. The number of piperidine rings is 1. The number of hydrogen-bond acceptors (Lipinski definition) is 1. The maximum absolute atomic E-state index is 12.6. The highest BCUT2D eigenvalue weighted by Crippen LogP contribution is 2.49. The Morgan fingerprint density at radius 1 is 1.14 bits per heavy atom. The van der Waals surface area contributed by atoms with E-state index in [-0.39, 0.29) is 11.6 Å². The number of rotatable bonds is 7. The minimum atomic E-state index is -0.353. The van der Waals surface area contributed by atoms with E-state index in [0.717, 1.165) is 19.3 Å². The zero-order valence-corrected chi connectivity index (χ0v) is 18.2. The minimum Gasteiger partial charge on any atom is -0.351 e. The summed E-state index contributed by atoms with van der Waals surface area (Å²) in [4.78, 5) is 14.6. The van der Waals surface area contributed by atoms with E-state index in [1.54, 1.807) is 0 Å². The van der Waals surface area contributed by atoms with Gasteiger partial charge in [0.15, 0.2) is 0 Å². The average molecular weight is 393 g/mol. The summed E-state index contributed by atoms with van der Waals surface area (Å²) in [7, 11) is 0. The van der Waals surface area contributed by atoms with Crippen LogP contribution in [0.4, 0.5) is 4.79 Å². The first-order chi connectivity index (χ1) is 14.0. The SMILES string of the molecule is CCCCCC(C)C1(c2ccccc2)CC(c2ccc(C)cc2)CCN1C(N)=O. The number of hydrogen-bond donors (Lipinski definition) is 1. The third-order valence-corrected chi connectivity index (χ3v) is 6.88. The topological polar surface area (TPSA) is 46.3 Å². The van der Waals surface area contributed by atoms with Crippen LogP contribution in [0.2, 0.25) is 0 Å².